The first-order valence-electron chi connectivity index (χ1n) is 10.3. The maximum absolute atomic E-state index is 13.0. The highest BCUT2D eigenvalue weighted by molar-refractivity contribution is 7.57. The molecular weight excluding hydrogens is 471 g/mol. The number of H-pyrrole nitrogens is 1. The van der Waals surface area contributed by atoms with Crippen molar-refractivity contribution in [1.29, 1.82) is 0 Å². The molecule has 1 aromatic heterocycles. The van der Waals surface area contributed by atoms with Gasteiger partial charge in [-0.2, -0.15) is 10.4 Å². The number of aliphatic hydroxyl groups is 1. The summed E-state index contributed by atoms with van der Waals surface area (Å²) in [5.74, 6) is 4.48. The molecule has 0 saturated carbocycles. The molecule has 5 N–H and O–H groups in total. The summed E-state index contributed by atoms with van der Waals surface area (Å²) in [4.78, 5) is 51.1. The minimum absolute atomic E-state index is 0.0133. The van der Waals surface area contributed by atoms with Crippen LogP contribution in [0, 0.1) is 6.92 Å². The number of rotatable bonds is 10. The monoisotopic (exact) mass is 498 g/mol. The van der Waals surface area contributed by atoms with Crippen LogP contribution in [0.25, 0.3) is 0 Å². The highest BCUT2D eigenvalue weighted by Gasteiger charge is 2.45. The van der Waals surface area contributed by atoms with Gasteiger partial charge in [-0.25, -0.2) is 4.79 Å². The van der Waals surface area contributed by atoms with Crippen LogP contribution < -0.4 is 27.1 Å². The van der Waals surface area contributed by atoms with Gasteiger partial charge >= 0.3 is 19.8 Å². The Kier molecular flexibility index (Phi) is 8.68. The van der Waals surface area contributed by atoms with Gasteiger partial charge in [-0.05, 0) is 12.5 Å². The second kappa shape index (κ2) is 11.3. The summed E-state index contributed by atoms with van der Waals surface area (Å²) in [5, 5.41) is 12.8. The minimum Gasteiger partial charge on any atom is -0.615 e. The van der Waals surface area contributed by atoms with Crippen LogP contribution in [0.4, 0.5) is 0 Å². The molecule has 3 rings (SSSR count). The second-order valence-corrected chi connectivity index (χ2v) is 9.43. The van der Waals surface area contributed by atoms with E-state index in [1.165, 1.54) is 20.2 Å². The lowest BCUT2D eigenvalue weighted by Gasteiger charge is -2.27. The Morgan fingerprint density at radius 2 is 2.15 bits per heavy atom. The van der Waals surface area contributed by atoms with Crippen molar-refractivity contribution in [3.8, 4) is 0 Å². The number of nitrogens with zero attached hydrogens (tertiary/aromatic N) is 1. The van der Waals surface area contributed by atoms with Gasteiger partial charge in [0.15, 0.2) is 7.11 Å². The van der Waals surface area contributed by atoms with Crippen molar-refractivity contribution in [2.24, 2.45) is 5.90 Å². The van der Waals surface area contributed by atoms with E-state index in [0.717, 1.165) is 10.1 Å². The summed E-state index contributed by atoms with van der Waals surface area (Å²) in [6, 6.07) is 7.81. The summed E-state index contributed by atoms with van der Waals surface area (Å²) in [5.41, 5.74) is -0.181. The van der Waals surface area contributed by atoms with Crippen molar-refractivity contribution in [3.63, 3.8) is 0 Å². The van der Waals surface area contributed by atoms with Crippen molar-refractivity contribution >= 4 is 14.1 Å². The van der Waals surface area contributed by atoms with Crippen LogP contribution in [-0.2, 0) is 29.8 Å². The summed E-state index contributed by atoms with van der Waals surface area (Å²) < 4.78 is 21.4. The zero-order valence-corrected chi connectivity index (χ0v) is 19.5. The van der Waals surface area contributed by atoms with E-state index in [9.17, 15) is 24.4 Å². The topological polar surface area (TPSA) is 192 Å². The van der Waals surface area contributed by atoms with Crippen molar-refractivity contribution in [2.45, 2.75) is 44.2 Å². The van der Waals surface area contributed by atoms with E-state index in [0.29, 0.717) is 0 Å². The first-order valence-corrected chi connectivity index (χ1v) is 11.9. The van der Waals surface area contributed by atoms with Gasteiger partial charge in [-0.15, -0.1) is 9.71 Å². The van der Waals surface area contributed by atoms with Crippen LogP contribution in [0.2, 0.25) is 0 Å². The highest BCUT2D eigenvalue weighted by atomic mass is 31.2. The number of hydrogen-bond acceptors (Lipinski definition) is 11. The minimum atomic E-state index is -4.24. The van der Waals surface area contributed by atoms with E-state index in [1.807, 2.05) is 6.07 Å². The molecule has 34 heavy (non-hydrogen) atoms. The third-order valence-electron chi connectivity index (χ3n) is 5.29. The van der Waals surface area contributed by atoms with E-state index in [2.05, 4.69) is 14.7 Å². The fraction of sp³-hybridized carbons (Fsp3) is 0.450. The van der Waals surface area contributed by atoms with Gasteiger partial charge in [0.1, 0.15) is 18.9 Å². The molecule has 2 aromatic rings. The van der Waals surface area contributed by atoms with Crippen LogP contribution >= 0.6 is 8.09 Å². The standard InChI is InChI=1S/C20H27N4O9P/c1-12-10-24(20(28)22-18(12)26)17-9-15(25)16(32-17)11-31-34(29,33-21)23-14(19(27)30-2)8-13-6-4-3-5-7-13/h3-7,10,14-17,25H,8-9,11,21H2,1-2H3,(H,23,29)(H,22,26,28)/q+1/t14?,15-,16+,17+,34?/m0/s1. The Bertz CT molecular complexity index is 1100. The number of nitrogens with two attached hydrogens (primary N) is 1. The Balaban J connectivity index is 1.67. The fourth-order valence-electron chi connectivity index (χ4n) is 3.47. The molecule has 1 aliphatic heterocycles. The number of carbonyl (C=O) groups is 1. The summed E-state index contributed by atoms with van der Waals surface area (Å²) in [7, 11) is -3.05. The Hall–Kier alpha value is -2.48. The molecule has 14 heteroatoms. The summed E-state index contributed by atoms with van der Waals surface area (Å²) in [6.45, 7) is 1.09. The predicted molar refractivity (Wildman–Crippen MR) is 118 cm³/mol. The molecule has 1 fully saturated rings. The third kappa shape index (κ3) is 6.34. The fourth-order valence-corrected chi connectivity index (χ4v) is 4.59. The molecular formula is C20H27N4O9P+. The Labute approximate surface area is 195 Å². The van der Waals surface area contributed by atoms with Crippen LogP contribution in [0.5, 0.6) is 0 Å². The molecule has 0 spiro atoms. The van der Waals surface area contributed by atoms with Gasteiger partial charge in [-0.1, -0.05) is 30.3 Å². The van der Waals surface area contributed by atoms with E-state index >= 15 is 0 Å². The molecule has 2 heterocycles. The number of ether oxygens (including phenoxy) is 2. The lowest BCUT2D eigenvalue weighted by atomic mass is 10.1. The zero-order valence-electron chi connectivity index (χ0n) is 18.6. The number of aromatic nitrogens is 2. The Morgan fingerprint density at radius 3 is 2.79 bits per heavy atom. The summed E-state index contributed by atoms with van der Waals surface area (Å²) in [6.07, 6.45) is -1.53. The number of aliphatic hydroxyl groups excluding tert-OH is 1. The molecule has 1 saturated heterocycles. The number of aromatic amines is 1. The quantitative estimate of drug-likeness (QED) is 0.133. The number of esters is 1. The molecule has 0 amide bonds. The second-order valence-electron chi connectivity index (χ2n) is 7.70. The van der Waals surface area contributed by atoms with E-state index < -0.39 is 56.4 Å². The highest BCUT2D eigenvalue weighted by Crippen LogP contribution is 2.47. The van der Waals surface area contributed by atoms with Gasteiger partial charge in [-0.3, -0.25) is 14.3 Å². The van der Waals surface area contributed by atoms with Gasteiger partial charge in [0, 0.05) is 24.6 Å². The average molecular weight is 498 g/mol. The first-order chi connectivity index (χ1) is 16.2. The number of hydrogen-bond donors (Lipinski definition) is 4. The SMILES string of the molecule is C[O+]C(=O)C(Cc1ccccc1)N[P+]([O-])(ON)OC[C@H]1O[C@@H](n2cc(C)c(=O)[nH]c2=O)C[C@@H]1O. The van der Waals surface area contributed by atoms with Crippen LogP contribution in [-0.4, -0.2) is 52.6 Å². The lowest BCUT2D eigenvalue weighted by molar-refractivity contribution is -0.228. The van der Waals surface area contributed by atoms with Crippen molar-refractivity contribution in [1.82, 2.24) is 14.6 Å². The molecule has 1 aromatic carbocycles. The lowest BCUT2D eigenvalue weighted by Crippen LogP contribution is -2.45. The average Bonchev–Trinajstić information content (AvgIpc) is 3.20. The molecule has 1 radical (unpaired) electrons. The molecule has 5 atom stereocenters. The van der Waals surface area contributed by atoms with Gasteiger partial charge in [0.05, 0.1) is 10.9 Å². The molecule has 13 nitrogen and oxygen atoms in total. The van der Waals surface area contributed by atoms with Crippen molar-refractivity contribution in [2.75, 3.05) is 13.7 Å². The maximum Gasteiger partial charge on any atom is 0.595 e. The van der Waals surface area contributed by atoms with Crippen LogP contribution in [0.15, 0.2) is 46.1 Å². The van der Waals surface area contributed by atoms with Crippen LogP contribution in [0.1, 0.15) is 23.8 Å². The third-order valence-corrected chi connectivity index (χ3v) is 6.68. The Morgan fingerprint density at radius 1 is 1.44 bits per heavy atom. The number of nitrogens with one attached hydrogen (secondary N) is 2. The van der Waals surface area contributed by atoms with Gasteiger partial charge in [0.2, 0.25) is 6.04 Å². The number of methoxy groups -OCH3 is 1. The number of carbonyl (C=O) groups excluding carboxylic acids is 1. The number of aryl methyl sites for hydroxylation is 1. The summed E-state index contributed by atoms with van der Waals surface area (Å²) >= 11 is 0. The van der Waals surface area contributed by atoms with Gasteiger partial charge < -0.3 is 19.5 Å². The van der Waals surface area contributed by atoms with Gasteiger partial charge in [0.25, 0.3) is 5.56 Å². The molecule has 2 unspecified atom stereocenters. The largest absolute Gasteiger partial charge is 0.615 e. The van der Waals surface area contributed by atoms with Crippen molar-refractivity contribution < 1.29 is 33.4 Å². The smallest absolute Gasteiger partial charge is 0.595 e. The van der Waals surface area contributed by atoms with Crippen molar-refractivity contribution in [3.05, 3.63) is 68.5 Å². The van der Waals surface area contributed by atoms with E-state index in [4.69, 9.17) is 19.9 Å². The molecule has 0 aliphatic carbocycles. The molecule has 185 valence electrons. The number of benzene rings is 1. The van der Waals surface area contributed by atoms with E-state index in [1.54, 1.807) is 24.3 Å². The predicted octanol–water partition coefficient (Wildman–Crippen LogP) is -1.19. The maximum atomic E-state index is 13.0. The van der Waals surface area contributed by atoms with E-state index in [-0.39, 0.29) is 18.4 Å². The normalized spacial score (nSPS) is 22.8. The first kappa shape index (κ1) is 26.1. The zero-order chi connectivity index (χ0) is 24.9. The van der Waals surface area contributed by atoms with Crippen LogP contribution in [0.3, 0.4) is 0 Å². The molecule has 0 bridgehead atoms. The molecule has 1 aliphatic rings.